The topological polar surface area (TPSA) is 71.1 Å². The fourth-order valence-corrected chi connectivity index (χ4v) is 2.66. The van der Waals surface area contributed by atoms with Gasteiger partial charge in [0.15, 0.2) is 11.5 Å². The summed E-state index contributed by atoms with van der Waals surface area (Å²) in [5.74, 6) is 1.03. The summed E-state index contributed by atoms with van der Waals surface area (Å²) < 4.78 is 15.9. The van der Waals surface area contributed by atoms with Gasteiger partial charge in [-0.3, -0.25) is 4.90 Å². The van der Waals surface area contributed by atoms with Crippen molar-refractivity contribution < 1.29 is 53.7 Å². The molecule has 0 amide bonds. The average Bonchev–Trinajstić information content (AvgIpc) is 2.43. The second-order valence-electron chi connectivity index (χ2n) is 5.17. The Morgan fingerprint density at radius 2 is 1.73 bits per heavy atom. The third-order valence-corrected chi connectivity index (χ3v) is 3.62. The summed E-state index contributed by atoms with van der Waals surface area (Å²) in [5.41, 5.74) is 1.04. The van der Waals surface area contributed by atoms with Gasteiger partial charge in [0.25, 0.3) is 0 Å². The maximum atomic E-state index is 10.5. The number of methoxy groups -OCH3 is 3. The molecule has 0 N–H and O–H groups in total. The Balaban J connectivity index is 0.00000242. The zero-order valence-corrected chi connectivity index (χ0v) is 15.5. The number of rotatable bonds is 7. The van der Waals surface area contributed by atoms with Gasteiger partial charge < -0.3 is 24.1 Å². The third-order valence-electron chi connectivity index (χ3n) is 3.62. The predicted octanol–water partition coefficient (Wildman–Crippen LogP) is -2.71. The van der Waals surface area contributed by atoms with E-state index in [9.17, 15) is 9.90 Å². The summed E-state index contributed by atoms with van der Waals surface area (Å²) >= 11 is 0. The van der Waals surface area contributed by atoms with Crippen LogP contribution in [0.15, 0.2) is 12.1 Å². The first kappa shape index (κ1) is 19.1. The number of likely N-dealkylation sites (tertiary alicyclic amines) is 1. The molecule has 22 heavy (non-hydrogen) atoms. The molecule has 0 radical (unpaired) electrons. The first-order valence-corrected chi connectivity index (χ1v) is 6.78. The molecule has 1 aliphatic heterocycles. The minimum Gasteiger partial charge on any atom is -0.550 e. The van der Waals surface area contributed by atoms with E-state index in [1.165, 1.54) is 0 Å². The molecule has 116 valence electrons. The Kier molecular flexibility index (Phi) is 7.48. The average molecular weight is 317 g/mol. The summed E-state index contributed by atoms with van der Waals surface area (Å²) in [6.45, 7) is 2.26. The Hall–Kier alpha value is -0.950. The van der Waals surface area contributed by atoms with Crippen LogP contribution in [0.2, 0.25) is 0 Å². The van der Waals surface area contributed by atoms with E-state index < -0.39 is 5.97 Å². The van der Waals surface area contributed by atoms with E-state index in [0.29, 0.717) is 17.2 Å². The van der Waals surface area contributed by atoms with E-state index in [4.69, 9.17) is 14.2 Å². The smallest absolute Gasteiger partial charge is 0.550 e. The van der Waals surface area contributed by atoms with Crippen LogP contribution in [-0.4, -0.2) is 45.3 Å². The maximum Gasteiger partial charge on any atom is 1.00 e. The molecule has 1 aliphatic rings. The number of carbonyl (C=O) groups excluding carboxylic acids is 1. The van der Waals surface area contributed by atoms with Crippen molar-refractivity contribution in [1.82, 2.24) is 4.90 Å². The fourth-order valence-electron chi connectivity index (χ4n) is 2.66. The molecule has 1 aromatic carbocycles. The molecule has 0 aliphatic carbocycles. The molecule has 7 heteroatoms. The number of ether oxygens (including phenoxy) is 3. The minimum absolute atomic E-state index is 0. The van der Waals surface area contributed by atoms with Crippen molar-refractivity contribution in [2.24, 2.45) is 5.92 Å². The van der Waals surface area contributed by atoms with E-state index in [2.05, 4.69) is 4.90 Å². The van der Waals surface area contributed by atoms with E-state index in [0.717, 1.165) is 25.2 Å². The number of carboxylic acids is 1. The molecule has 0 aromatic heterocycles. The second kappa shape index (κ2) is 8.62. The Morgan fingerprint density at radius 1 is 1.18 bits per heavy atom. The first-order valence-electron chi connectivity index (χ1n) is 6.78. The van der Waals surface area contributed by atoms with Crippen molar-refractivity contribution in [1.29, 1.82) is 0 Å². The van der Waals surface area contributed by atoms with Gasteiger partial charge >= 0.3 is 29.6 Å². The SMILES string of the molecule is COc1cc(CN2CC(CC(=O)[O-])C2)cc(OC)c1OC.[Na+]. The summed E-state index contributed by atoms with van der Waals surface area (Å²) in [6.07, 6.45) is 0.131. The summed E-state index contributed by atoms with van der Waals surface area (Å²) in [4.78, 5) is 12.7. The standard InChI is InChI=1S/C15H21NO5.Na/c1-19-12-4-10(5-13(20-2)15(12)21-3)7-16-8-11(9-16)6-14(17)18;/h4-5,11H,6-9H2,1-3H3,(H,17,18);/q;+1/p-1. The molecule has 1 aromatic rings. The van der Waals surface area contributed by atoms with Gasteiger partial charge in [0.2, 0.25) is 5.75 Å². The number of carbonyl (C=O) groups is 1. The molecular weight excluding hydrogens is 297 g/mol. The molecule has 6 nitrogen and oxygen atoms in total. The van der Waals surface area contributed by atoms with E-state index in [1.807, 2.05) is 12.1 Å². The predicted molar refractivity (Wildman–Crippen MR) is 74.5 cm³/mol. The van der Waals surface area contributed by atoms with Gasteiger partial charge in [-0.1, -0.05) is 0 Å². The third kappa shape index (κ3) is 4.52. The second-order valence-corrected chi connectivity index (χ2v) is 5.17. The molecule has 0 unspecified atom stereocenters. The summed E-state index contributed by atoms with van der Waals surface area (Å²) in [5, 5.41) is 10.5. The van der Waals surface area contributed by atoms with Crippen molar-refractivity contribution in [2.45, 2.75) is 13.0 Å². The molecule has 0 bridgehead atoms. The molecule has 0 spiro atoms. The van der Waals surface area contributed by atoms with E-state index >= 15 is 0 Å². The molecule has 2 rings (SSSR count). The van der Waals surface area contributed by atoms with Gasteiger partial charge in [-0.25, -0.2) is 0 Å². The number of aliphatic carboxylic acids is 1. The Labute approximate surface area is 152 Å². The van der Waals surface area contributed by atoms with Crippen molar-refractivity contribution in [3.63, 3.8) is 0 Å². The zero-order chi connectivity index (χ0) is 15.4. The molecule has 1 fully saturated rings. The van der Waals surface area contributed by atoms with Crippen LogP contribution < -0.4 is 48.9 Å². The fraction of sp³-hybridized carbons (Fsp3) is 0.533. The Bertz CT molecular complexity index is 492. The van der Waals surface area contributed by atoms with Crippen LogP contribution in [0, 0.1) is 5.92 Å². The molecular formula is C15H20NNaO5. The summed E-state index contributed by atoms with van der Waals surface area (Å²) in [7, 11) is 4.74. The van der Waals surface area contributed by atoms with Gasteiger partial charge in [-0.2, -0.15) is 0 Å². The van der Waals surface area contributed by atoms with Crippen LogP contribution in [0.4, 0.5) is 0 Å². The zero-order valence-electron chi connectivity index (χ0n) is 13.5. The number of benzene rings is 1. The van der Waals surface area contributed by atoms with Gasteiger partial charge in [0, 0.05) is 25.6 Å². The van der Waals surface area contributed by atoms with Crippen molar-refractivity contribution in [2.75, 3.05) is 34.4 Å². The van der Waals surface area contributed by atoms with E-state index in [-0.39, 0.29) is 41.9 Å². The van der Waals surface area contributed by atoms with Crippen molar-refractivity contribution >= 4 is 5.97 Å². The Morgan fingerprint density at radius 3 is 2.14 bits per heavy atom. The van der Waals surface area contributed by atoms with Gasteiger partial charge in [0.05, 0.1) is 21.3 Å². The number of hydrogen-bond donors (Lipinski definition) is 0. The summed E-state index contributed by atoms with van der Waals surface area (Å²) in [6, 6.07) is 3.82. The number of nitrogens with zero attached hydrogens (tertiary/aromatic N) is 1. The van der Waals surface area contributed by atoms with Gasteiger partial charge in [-0.15, -0.1) is 0 Å². The molecule has 1 saturated heterocycles. The number of hydrogen-bond acceptors (Lipinski definition) is 6. The molecule has 1 heterocycles. The van der Waals surface area contributed by atoms with Gasteiger partial charge in [0.1, 0.15) is 0 Å². The molecule has 0 atom stereocenters. The maximum absolute atomic E-state index is 10.5. The van der Waals surface area contributed by atoms with E-state index in [1.54, 1.807) is 21.3 Å². The van der Waals surface area contributed by atoms with Crippen LogP contribution in [0.25, 0.3) is 0 Å². The normalized spacial score (nSPS) is 14.7. The minimum atomic E-state index is -0.979. The first-order chi connectivity index (χ1) is 10.1. The van der Waals surface area contributed by atoms with Crippen molar-refractivity contribution in [3.8, 4) is 17.2 Å². The van der Waals surface area contributed by atoms with Crippen LogP contribution >= 0.6 is 0 Å². The van der Waals surface area contributed by atoms with Crippen LogP contribution in [0.3, 0.4) is 0 Å². The van der Waals surface area contributed by atoms with Crippen LogP contribution in [-0.2, 0) is 11.3 Å². The monoisotopic (exact) mass is 317 g/mol. The van der Waals surface area contributed by atoms with Crippen molar-refractivity contribution in [3.05, 3.63) is 17.7 Å². The van der Waals surface area contributed by atoms with Gasteiger partial charge in [-0.05, 0) is 30.0 Å². The van der Waals surface area contributed by atoms with Crippen LogP contribution in [0.5, 0.6) is 17.2 Å². The quantitative estimate of drug-likeness (QED) is 0.509. The largest absolute Gasteiger partial charge is 1.00 e. The number of carboxylic acid groups (broad SMARTS) is 1. The molecule has 0 saturated carbocycles. The van der Waals surface area contributed by atoms with Crippen LogP contribution in [0.1, 0.15) is 12.0 Å².